The fraction of sp³-hybridized carbons (Fsp3) is 0.933. The van der Waals surface area contributed by atoms with E-state index in [1.807, 2.05) is 0 Å². The minimum atomic E-state index is -0.189. The van der Waals surface area contributed by atoms with Crippen LogP contribution in [-0.4, -0.2) is 38.8 Å². The molecule has 0 spiro atoms. The Balaban J connectivity index is 4.22. The molecule has 19 heavy (non-hydrogen) atoms. The van der Waals surface area contributed by atoms with Crippen molar-refractivity contribution in [3.05, 3.63) is 0 Å². The van der Waals surface area contributed by atoms with Crippen molar-refractivity contribution in [2.45, 2.75) is 53.6 Å². The van der Waals surface area contributed by atoms with E-state index in [-0.39, 0.29) is 11.0 Å². The molecular weight excluding hydrogens is 238 g/mol. The molecule has 114 valence electrons. The first-order valence-electron chi connectivity index (χ1n) is 7.11. The van der Waals surface area contributed by atoms with Crippen LogP contribution in [0.1, 0.15) is 48.0 Å². The Bertz CT molecular complexity index is 283. The lowest BCUT2D eigenvalue weighted by Gasteiger charge is -2.29. The summed E-state index contributed by atoms with van der Waals surface area (Å²) in [6.45, 7) is 14.8. The van der Waals surface area contributed by atoms with Crippen LogP contribution in [0.4, 0.5) is 0 Å². The van der Waals surface area contributed by atoms with Gasteiger partial charge in [0.1, 0.15) is 0 Å². The monoisotopic (exact) mass is 271 g/mol. The molecule has 0 aromatic carbocycles. The van der Waals surface area contributed by atoms with Gasteiger partial charge in [0.25, 0.3) is 0 Å². The molecule has 0 saturated heterocycles. The van der Waals surface area contributed by atoms with Gasteiger partial charge in [-0.2, -0.15) is 0 Å². The van der Waals surface area contributed by atoms with Gasteiger partial charge < -0.3 is 15.4 Å². The molecule has 0 bridgehead atoms. The lowest BCUT2D eigenvalue weighted by molar-refractivity contribution is 0.0268. The summed E-state index contributed by atoms with van der Waals surface area (Å²) in [6.07, 6.45) is 1.19. The molecule has 0 aromatic heterocycles. The van der Waals surface area contributed by atoms with Gasteiger partial charge in [-0.15, -0.1) is 0 Å². The molecule has 0 heterocycles. The number of nitrogens with one attached hydrogen (secondary N) is 2. The predicted octanol–water partition coefficient (Wildman–Crippen LogP) is 2.65. The van der Waals surface area contributed by atoms with E-state index in [1.54, 1.807) is 14.2 Å². The summed E-state index contributed by atoms with van der Waals surface area (Å²) in [5.74, 6) is 1.54. The zero-order valence-electron chi connectivity index (χ0n) is 14.1. The number of rotatable bonds is 7. The number of hydrogen-bond acceptors (Lipinski definition) is 2. The predicted molar refractivity (Wildman–Crippen MR) is 83.7 cm³/mol. The molecule has 0 saturated carbocycles. The molecule has 0 aliphatic heterocycles. The summed E-state index contributed by atoms with van der Waals surface area (Å²) in [5, 5.41) is 6.70. The quantitative estimate of drug-likeness (QED) is 0.553. The average Bonchev–Trinajstić information content (AvgIpc) is 2.27. The Morgan fingerprint density at radius 1 is 1.11 bits per heavy atom. The van der Waals surface area contributed by atoms with Crippen LogP contribution in [0, 0.1) is 11.3 Å². The van der Waals surface area contributed by atoms with E-state index in [2.05, 4.69) is 57.2 Å². The van der Waals surface area contributed by atoms with Crippen molar-refractivity contribution in [1.29, 1.82) is 0 Å². The van der Waals surface area contributed by atoms with Crippen molar-refractivity contribution in [2.24, 2.45) is 16.3 Å². The molecular formula is C15H33N3O. The van der Waals surface area contributed by atoms with Crippen molar-refractivity contribution >= 4 is 5.96 Å². The topological polar surface area (TPSA) is 45.7 Å². The first kappa shape index (κ1) is 18.2. The van der Waals surface area contributed by atoms with E-state index < -0.39 is 0 Å². The summed E-state index contributed by atoms with van der Waals surface area (Å²) in [7, 11) is 3.52. The van der Waals surface area contributed by atoms with Gasteiger partial charge in [-0.25, -0.2) is 0 Å². The second-order valence-electron chi connectivity index (χ2n) is 7.01. The van der Waals surface area contributed by atoms with E-state index in [1.165, 1.54) is 6.42 Å². The van der Waals surface area contributed by atoms with Crippen LogP contribution < -0.4 is 10.6 Å². The Hall–Kier alpha value is -0.770. The normalized spacial score (nSPS) is 13.8. The lowest BCUT2D eigenvalue weighted by atomic mass is 9.84. The van der Waals surface area contributed by atoms with E-state index >= 15 is 0 Å². The van der Waals surface area contributed by atoms with Gasteiger partial charge in [0.2, 0.25) is 0 Å². The van der Waals surface area contributed by atoms with Gasteiger partial charge in [0, 0.05) is 27.2 Å². The SMILES string of the molecule is CN=C(NCC(C)(C)CC(C)C)NCC(C)(C)OC. The molecule has 0 amide bonds. The molecule has 0 fully saturated rings. The standard InChI is InChI=1S/C15H33N3O/c1-12(2)9-14(3,4)10-17-13(16-7)18-11-15(5,6)19-8/h12H,9-11H2,1-8H3,(H2,16,17,18). The second kappa shape index (κ2) is 7.73. The zero-order chi connectivity index (χ0) is 15.1. The smallest absolute Gasteiger partial charge is 0.191 e. The van der Waals surface area contributed by atoms with E-state index in [0.717, 1.165) is 19.0 Å². The van der Waals surface area contributed by atoms with E-state index in [9.17, 15) is 0 Å². The van der Waals surface area contributed by atoms with Crippen LogP contribution in [0.5, 0.6) is 0 Å². The number of guanidine groups is 1. The first-order valence-corrected chi connectivity index (χ1v) is 7.11. The van der Waals surface area contributed by atoms with Crippen LogP contribution in [0.15, 0.2) is 4.99 Å². The Kier molecular flexibility index (Phi) is 7.42. The van der Waals surface area contributed by atoms with Gasteiger partial charge in [0.15, 0.2) is 5.96 Å². The van der Waals surface area contributed by atoms with Gasteiger partial charge in [-0.05, 0) is 31.6 Å². The molecule has 0 unspecified atom stereocenters. The summed E-state index contributed by atoms with van der Waals surface area (Å²) in [4.78, 5) is 4.25. The fourth-order valence-electron chi connectivity index (χ4n) is 2.09. The van der Waals surface area contributed by atoms with Crippen LogP contribution in [0.2, 0.25) is 0 Å². The summed E-state index contributed by atoms with van der Waals surface area (Å²) in [5.41, 5.74) is 0.0770. The van der Waals surface area contributed by atoms with Crippen molar-refractivity contribution in [1.82, 2.24) is 10.6 Å². The summed E-state index contributed by atoms with van der Waals surface area (Å²) in [6, 6.07) is 0. The van der Waals surface area contributed by atoms with Gasteiger partial charge in [-0.3, -0.25) is 4.99 Å². The Morgan fingerprint density at radius 3 is 2.05 bits per heavy atom. The molecule has 0 atom stereocenters. The molecule has 0 rings (SSSR count). The van der Waals surface area contributed by atoms with Crippen molar-refractivity contribution in [3.8, 4) is 0 Å². The minimum absolute atomic E-state index is 0.189. The maximum atomic E-state index is 5.39. The van der Waals surface area contributed by atoms with E-state index in [0.29, 0.717) is 5.92 Å². The highest BCUT2D eigenvalue weighted by Crippen LogP contribution is 2.23. The van der Waals surface area contributed by atoms with Crippen LogP contribution >= 0.6 is 0 Å². The average molecular weight is 271 g/mol. The van der Waals surface area contributed by atoms with E-state index in [4.69, 9.17) is 4.74 Å². The lowest BCUT2D eigenvalue weighted by Crippen LogP contribution is -2.47. The molecule has 4 nitrogen and oxygen atoms in total. The van der Waals surface area contributed by atoms with Crippen LogP contribution in [-0.2, 0) is 4.74 Å². The highest BCUT2D eigenvalue weighted by Gasteiger charge is 2.21. The highest BCUT2D eigenvalue weighted by molar-refractivity contribution is 5.79. The second-order valence-corrected chi connectivity index (χ2v) is 7.01. The van der Waals surface area contributed by atoms with Crippen LogP contribution in [0.3, 0.4) is 0 Å². The van der Waals surface area contributed by atoms with Gasteiger partial charge in [-0.1, -0.05) is 27.7 Å². The third-order valence-electron chi connectivity index (χ3n) is 3.15. The summed E-state index contributed by atoms with van der Waals surface area (Å²) >= 11 is 0. The molecule has 0 aliphatic rings. The zero-order valence-corrected chi connectivity index (χ0v) is 14.1. The van der Waals surface area contributed by atoms with Gasteiger partial charge >= 0.3 is 0 Å². The number of methoxy groups -OCH3 is 1. The summed E-state index contributed by atoms with van der Waals surface area (Å²) < 4.78 is 5.39. The number of ether oxygens (including phenoxy) is 1. The number of aliphatic imine (C=N–C) groups is 1. The molecule has 0 aliphatic carbocycles. The molecule has 4 heteroatoms. The van der Waals surface area contributed by atoms with Crippen molar-refractivity contribution in [3.63, 3.8) is 0 Å². The van der Waals surface area contributed by atoms with Crippen molar-refractivity contribution < 1.29 is 4.74 Å². The molecule has 0 radical (unpaired) electrons. The largest absolute Gasteiger partial charge is 0.377 e. The van der Waals surface area contributed by atoms with Crippen LogP contribution in [0.25, 0.3) is 0 Å². The maximum absolute atomic E-state index is 5.39. The Morgan fingerprint density at radius 2 is 1.63 bits per heavy atom. The minimum Gasteiger partial charge on any atom is -0.377 e. The third-order valence-corrected chi connectivity index (χ3v) is 3.15. The molecule has 0 aromatic rings. The Labute approximate surface area is 119 Å². The van der Waals surface area contributed by atoms with Crippen molar-refractivity contribution in [2.75, 3.05) is 27.2 Å². The highest BCUT2D eigenvalue weighted by atomic mass is 16.5. The molecule has 2 N–H and O–H groups in total. The fourth-order valence-corrected chi connectivity index (χ4v) is 2.09. The van der Waals surface area contributed by atoms with Gasteiger partial charge in [0.05, 0.1) is 5.60 Å². The third kappa shape index (κ3) is 8.87. The number of hydrogen-bond donors (Lipinski definition) is 2. The first-order chi connectivity index (χ1) is 8.62. The number of nitrogens with zero attached hydrogens (tertiary/aromatic N) is 1. The maximum Gasteiger partial charge on any atom is 0.191 e.